The average Bonchev–Trinajstić information content (AvgIpc) is 2.26. The minimum absolute atomic E-state index is 0.0957. The Morgan fingerprint density at radius 1 is 1.22 bits per heavy atom. The first-order chi connectivity index (χ1) is 8.58. The first-order valence-corrected chi connectivity index (χ1v) is 6.23. The van der Waals surface area contributed by atoms with E-state index in [1.165, 1.54) is 6.92 Å². The Hall–Kier alpha value is -1.84. The van der Waals surface area contributed by atoms with E-state index in [1.54, 1.807) is 24.1 Å². The van der Waals surface area contributed by atoms with Gasteiger partial charge in [-0.05, 0) is 37.1 Å². The summed E-state index contributed by atoms with van der Waals surface area (Å²) in [6.07, 6.45) is 3.17. The molecular formula is C14H18N2O2. The number of nitrogens with one attached hydrogen (secondary N) is 1. The molecule has 1 aliphatic carbocycles. The van der Waals surface area contributed by atoms with E-state index in [2.05, 4.69) is 5.32 Å². The summed E-state index contributed by atoms with van der Waals surface area (Å²) in [5, 5.41) is 2.70. The predicted molar refractivity (Wildman–Crippen MR) is 71.5 cm³/mol. The number of anilines is 2. The van der Waals surface area contributed by atoms with Crippen LogP contribution in [-0.4, -0.2) is 18.9 Å². The van der Waals surface area contributed by atoms with Gasteiger partial charge in [0.25, 0.3) is 0 Å². The van der Waals surface area contributed by atoms with Crippen LogP contribution in [0.5, 0.6) is 0 Å². The van der Waals surface area contributed by atoms with Crippen molar-refractivity contribution < 1.29 is 9.59 Å². The molecule has 0 unspecified atom stereocenters. The maximum absolute atomic E-state index is 12.0. The maximum Gasteiger partial charge on any atom is 0.229 e. The fourth-order valence-electron chi connectivity index (χ4n) is 2.03. The Bertz CT molecular complexity index is 449. The molecule has 0 atom stereocenters. The van der Waals surface area contributed by atoms with Crippen molar-refractivity contribution in [2.75, 3.05) is 17.3 Å². The monoisotopic (exact) mass is 246 g/mol. The summed E-state index contributed by atoms with van der Waals surface area (Å²) in [6.45, 7) is 1.47. The van der Waals surface area contributed by atoms with Gasteiger partial charge in [-0.15, -0.1) is 0 Å². The van der Waals surface area contributed by atoms with Crippen LogP contribution in [0, 0.1) is 5.92 Å². The Labute approximate surface area is 107 Å². The van der Waals surface area contributed by atoms with E-state index in [0.29, 0.717) is 0 Å². The van der Waals surface area contributed by atoms with E-state index in [-0.39, 0.29) is 17.7 Å². The molecule has 0 aliphatic heterocycles. The molecule has 1 N–H and O–H groups in total. The van der Waals surface area contributed by atoms with Gasteiger partial charge in [0.05, 0.1) is 0 Å². The van der Waals surface area contributed by atoms with Crippen molar-refractivity contribution in [3.63, 3.8) is 0 Å². The second-order valence-electron chi connectivity index (χ2n) is 4.75. The lowest BCUT2D eigenvalue weighted by Crippen LogP contribution is -2.36. The topological polar surface area (TPSA) is 49.4 Å². The van der Waals surface area contributed by atoms with Crippen LogP contribution in [0.4, 0.5) is 11.4 Å². The van der Waals surface area contributed by atoms with Gasteiger partial charge < -0.3 is 10.2 Å². The van der Waals surface area contributed by atoms with Crippen molar-refractivity contribution in [3.8, 4) is 0 Å². The third-order valence-corrected chi connectivity index (χ3v) is 3.36. The Morgan fingerprint density at radius 3 is 2.28 bits per heavy atom. The van der Waals surface area contributed by atoms with Gasteiger partial charge in [0.2, 0.25) is 11.8 Å². The molecule has 1 aromatic rings. The van der Waals surface area contributed by atoms with E-state index in [9.17, 15) is 9.59 Å². The summed E-state index contributed by atoms with van der Waals surface area (Å²) in [5.74, 6) is 0.292. The van der Waals surface area contributed by atoms with Gasteiger partial charge in [-0.1, -0.05) is 6.42 Å². The number of benzene rings is 1. The van der Waals surface area contributed by atoms with Gasteiger partial charge in [-0.3, -0.25) is 9.59 Å². The molecule has 1 aliphatic rings. The van der Waals surface area contributed by atoms with Gasteiger partial charge in [0.1, 0.15) is 0 Å². The van der Waals surface area contributed by atoms with Crippen LogP contribution < -0.4 is 10.2 Å². The van der Waals surface area contributed by atoms with Crippen molar-refractivity contribution >= 4 is 23.2 Å². The molecule has 1 saturated carbocycles. The number of hydrogen-bond donors (Lipinski definition) is 1. The molecule has 0 heterocycles. The molecule has 18 heavy (non-hydrogen) atoms. The van der Waals surface area contributed by atoms with Gasteiger partial charge in [-0.25, -0.2) is 0 Å². The van der Waals surface area contributed by atoms with Crippen molar-refractivity contribution in [3.05, 3.63) is 24.3 Å². The lowest BCUT2D eigenvalue weighted by Gasteiger charge is -2.29. The summed E-state index contributed by atoms with van der Waals surface area (Å²) in [6, 6.07) is 7.31. The van der Waals surface area contributed by atoms with Crippen LogP contribution in [0.2, 0.25) is 0 Å². The zero-order chi connectivity index (χ0) is 13.1. The highest BCUT2D eigenvalue weighted by Gasteiger charge is 2.28. The molecule has 1 aromatic carbocycles. The van der Waals surface area contributed by atoms with E-state index in [0.717, 1.165) is 30.6 Å². The quantitative estimate of drug-likeness (QED) is 0.890. The fourth-order valence-corrected chi connectivity index (χ4v) is 2.03. The molecular weight excluding hydrogens is 228 g/mol. The smallest absolute Gasteiger partial charge is 0.229 e. The normalized spacial score (nSPS) is 14.8. The van der Waals surface area contributed by atoms with Gasteiger partial charge in [0, 0.05) is 31.3 Å². The Morgan fingerprint density at radius 2 is 1.83 bits per heavy atom. The van der Waals surface area contributed by atoms with Crippen LogP contribution in [0.25, 0.3) is 0 Å². The van der Waals surface area contributed by atoms with Crippen LogP contribution in [0.15, 0.2) is 24.3 Å². The van der Waals surface area contributed by atoms with E-state index < -0.39 is 0 Å². The molecule has 4 nitrogen and oxygen atoms in total. The van der Waals surface area contributed by atoms with E-state index in [1.807, 2.05) is 12.1 Å². The summed E-state index contributed by atoms with van der Waals surface area (Å²) >= 11 is 0. The van der Waals surface area contributed by atoms with E-state index in [4.69, 9.17) is 0 Å². The first kappa shape index (κ1) is 12.6. The Balaban J connectivity index is 2.03. The number of hydrogen-bond acceptors (Lipinski definition) is 2. The highest BCUT2D eigenvalue weighted by Crippen LogP contribution is 2.29. The minimum atomic E-state index is -0.0957. The summed E-state index contributed by atoms with van der Waals surface area (Å²) in [4.78, 5) is 24.6. The summed E-state index contributed by atoms with van der Waals surface area (Å²) in [7, 11) is 1.80. The molecule has 2 amide bonds. The number of carbonyl (C=O) groups excluding carboxylic acids is 2. The third-order valence-electron chi connectivity index (χ3n) is 3.36. The summed E-state index contributed by atoms with van der Waals surface area (Å²) in [5.41, 5.74) is 1.61. The lowest BCUT2D eigenvalue weighted by atomic mass is 9.84. The maximum atomic E-state index is 12.0. The molecule has 96 valence electrons. The highest BCUT2D eigenvalue weighted by molar-refractivity contribution is 5.95. The van der Waals surface area contributed by atoms with Crippen LogP contribution in [-0.2, 0) is 9.59 Å². The van der Waals surface area contributed by atoms with Gasteiger partial charge in [0.15, 0.2) is 0 Å². The van der Waals surface area contributed by atoms with Crippen molar-refractivity contribution in [1.82, 2.24) is 0 Å². The molecule has 1 fully saturated rings. The second kappa shape index (κ2) is 5.21. The molecule has 0 radical (unpaired) electrons. The minimum Gasteiger partial charge on any atom is -0.326 e. The molecule has 0 spiro atoms. The standard InChI is InChI=1S/C14H18N2O2/c1-10(17)15-12-6-8-13(9-7-12)16(2)14(18)11-4-3-5-11/h6-9,11H,3-5H2,1-2H3,(H,15,17). The van der Waals surface area contributed by atoms with Crippen molar-refractivity contribution in [1.29, 1.82) is 0 Å². The van der Waals surface area contributed by atoms with Crippen LogP contribution in [0.3, 0.4) is 0 Å². The number of amides is 2. The predicted octanol–water partition coefficient (Wildman–Crippen LogP) is 2.41. The zero-order valence-corrected chi connectivity index (χ0v) is 10.8. The molecule has 0 bridgehead atoms. The van der Waals surface area contributed by atoms with Crippen LogP contribution in [0.1, 0.15) is 26.2 Å². The molecule has 0 aromatic heterocycles. The molecule has 2 rings (SSSR count). The Kier molecular flexibility index (Phi) is 3.65. The van der Waals surface area contributed by atoms with Crippen LogP contribution >= 0.6 is 0 Å². The van der Waals surface area contributed by atoms with Crippen molar-refractivity contribution in [2.45, 2.75) is 26.2 Å². The van der Waals surface area contributed by atoms with Gasteiger partial charge in [-0.2, -0.15) is 0 Å². The largest absolute Gasteiger partial charge is 0.326 e. The fraction of sp³-hybridized carbons (Fsp3) is 0.429. The highest BCUT2D eigenvalue weighted by atomic mass is 16.2. The van der Waals surface area contributed by atoms with Gasteiger partial charge >= 0.3 is 0 Å². The van der Waals surface area contributed by atoms with Crippen molar-refractivity contribution in [2.24, 2.45) is 5.92 Å². The average molecular weight is 246 g/mol. The SMILES string of the molecule is CC(=O)Nc1ccc(N(C)C(=O)C2CCC2)cc1. The molecule has 4 heteroatoms. The molecule has 0 saturated heterocycles. The summed E-state index contributed by atoms with van der Waals surface area (Å²) < 4.78 is 0. The first-order valence-electron chi connectivity index (χ1n) is 6.23. The number of nitrogens with zero attached hydrogens (tertiary/aromatic N) is 1. The number of carbonyl (C=O) groups is 2. The lowest BCUT2D eigenvalue weighted by molar-refractivity contribution is -0.124. The third kappa shape index (κ3) is 2.70. The second-order valence-corrected chi connectivity index (χ2v) is 4.75. The zero-order valence-electron chi connectivity index (χ0n) is 10.8. The van der Waals surface area contributed by atoms with E-state index >= 15 is 0 Å². The number of rotatable bonds is 3.